The van der Waals surface area contributed by atoms with Crippen LogP contribution in [-0.2, 0) is 9.53 Å². The van der Waals surface area contributed by atoms with Crippen LogP contribution >= 0.6 is 0 Å². The van der Waals surface area contributed by atoms with Gasteiger partial charge in [0.15, 0.2) is 0 Å². The third kappa shape index (κ3) is 5.16. The van der Waals surface area contributed by atoms with E-state index in [1.54, 1.807) is 0 Å². The van der Waals surface area contributed by atoms with Gasteiger partial charge < -0.3 is 15.0 Å². The molecule has 1 amide bonds. The summed E-state index contributed by atoms with van der Waals surface area (Å²) in [4.78, 5) is 17.4. The van der Waals surface area contributed by atoms with Crippen molar-refractivity contribution in [2.45, 2.75) is 51.0 Å². The van der Waals surface area contributed by atoms with Gasteiger partial charge in [-0.05, 0) is 57.5 Å². The standard InChI is InChI=1S/C18H33N3O2/c22-18(5-4-16-6-8-19-9-7-16)21-10-2-1-3-17(21)15-20-11-13-23-14-12-20/h16-17,19H,1-15H2. The quantitative estimate of drug-likeness (QED) is 0.832. The zero-order valence-electron chi connectivity index (χ0n) is 14.5. The average molecular weight is 323 g/mol. The maximum Gasteiger partial charge on any atom is 0.222 e. The van der Waals surface area contributed by atoms with Crippen molar-refractivity contribution >= 4 is 5.91 Å². The van der Waals surface area contributed by atoms with E-state index in [1.165, 1.54) is 32.1 Å². The van der Waals surface area contributed by atoms with Crippen molar-refractivity contribution in [2.24, 2.45) is 5.92 Å². The first-order valence-corrected chi connectivity index (χ1v) is 9.63. The zero-order chi connectivity index (χ0) is 15.9. The van der Waals surface area contributed by atoms with Crippen LogP contribution in [0.25, 0.3) is 0 Å². The molecule has 132 valence electrons. The topological polar surface area (TPSA) is 44.8 Å². The number of carbonyl (C=O) groups is 1. The highest BCUT2D eigenvalue weighted by atomic mass is 16.5. The van der Waals surface area contributed by atoms with E-state index >= 15 is 0 Å². The Hall–Kier alpha value is -0.650. The molecule has 23 heavy (non-hydrogen) atoms. The fourth-order valence-electron chi connectivity index (χ4n) is 4.24. The molecule has 0 spiro atoms. The predicted octanol–water partition coefficient (Wildman–Crippen LogP) is 1.48. The van der Waals surface area contributed by atoms with E-state index in [4.69, 9.17) is 4.74 Å². The highest BCUT2D eigenvalue weighted by Gasteiger charge is 2.29. The van der Waals surface area contributed by atoms with Gasteiger partial charge in [0.2, 0.25) is 5.91 Å². The minimum absolute atomic E-state index is 0.404. The number of hydrogen-bond acceptors (Lipinski definition) is 4. The maximum atomic E-state index is 12.8. The van der Waals surface area contributed by atoms with Gasteiger partial charge in [0, 0.05) is 38.6 Å². The lowest BCUT2D eigenvalue weighted by Gasteiger charge is -2.40. The van der Waals surface area contributed by atoms with Crippen molar-refractivity contribution in [3.05, 3.63) is 0 Å². The minimum Gasteiger partial charge on any atom is -0.379 e. The van der Waals surface area contributed by atoms with E-state index < -0.39 is 0 Å². The summed E-state index contributed by atoms with van der Waals surface area (Å²) in [5.41, 5.74) is 0. The number of hydrogen-bond donors (Lipinski definition) is 1. The summed E-state index contributed by atoms with van der Waals surface area (Å²) >= 11 is 0. The third-order valence-electron chi connectivity index (χ3n) is 5.75. The molecule has 0 saturated carbocycles. The highest BCUT2D eigenvalue weighted by molar-refractivity contribution is 5.76. The molecular formula is C18H33N3O2. The molecule has 0 aliphatic carbocycles. The fourth-order valence-corrected chi connectivity index (χ4v) is 4.24. The maximum absolute atomic E-state index is 12.8. The Morgan fingerprint density at radius 1 is 1.04 bits per heavy atom. The van der Waals surface area contributed by atoms with Crippen molar-refractivity contribution in [2.75, 3.05) is 52.5 Å². The first-order valence-electron chi connectivity index (χ1n) is 9.63. The van der Waals surface area contributed by atoms with Crippen LogP contribution in [0.4, 0.5) is 0 Å². The molecule has 3 aliphatic heterocycles. The number of piperidine rings is 2. The Balaban J connectivity index is 1.47. The molecule has 1 unspecified atom stereocenters. The minimum atomic E-state index is 0.404. The van der Waals surface area contributed by atoms with Gasteiger partial charge in [-0.1, -0.05) is 0 Å². The van der Waals surface area contributed by atoms with Gasteiger partial charge in [-0.2, -0.15) is 0 Å². The van der Waals surface area contributed by atoms with Crippen molar-refractivity contribution in [1.82, 2.24) is 15.1 Å². The molecule has 3 rings (SSSR count). The van der Waals surface area contributed by atoms with Crippen molar-refractivity contribution in [1.29, 1.82) is 0 Å². The molecule has 3 aliphatic rings. The molecule has 5 nitrogen and oxygen atoms in total. The van der Waals surface area contributed by atoms with Crippen LogP contribution in [0.5, 0.6) is 0 Å². The van der Waals surface area contributed by atoms with Crippen LogP contribution in [0.3, 0.4) is 0 Å². The molecule has 0 aromatic heterocycles. The van der Waals surface area contributed by atoms with E-state index in [2.05, 4.69) is 15.1 Å². The van der Waals surface area contributed by atoms with Gasteiger partial charge in [0.05, 0.1) is 13.2 Å². The first kappa shape index (κ1) is 17.2. The molecule has 0 radical (unpaired) electrons. The van der Waals surface area contributed by atoms with Crippen LogP contribution in [0.1, 0.15) is 44.9 Å². The Morgan fingerprint density at radius 3 is 2.61 bits per heavy atom. The first-order chi connectivity index (χ1) is 11.3. The second-order valence-electron chi connectivity index (χ2n) is 7.38. The van der Waals surface area contributed by atoms with Gasteiger partial charge in [-0.25, -0.2) is 0 Å². The SMILES string of the molecule is O=C(CCC1CCNCC1)N1CCCCC1CN1CCOCC1. The summed E-state index contributed by atoms with van der Waals surface area (Å²) in [5.74, 6) is 1.16. The lowest BCUT2D eigenvalue weighted by Crippen LogP contribution is -2.51. The molecule has 5 heteroatoms. The lowest BCUT2D eigenvalue weighted by atomic mass is 9.92. The number of amides is 1. The van der Waals surface area contributed by atoms with Gasteiger partial charge >= 0.3 is 0 Å². The number of ether oxygens (including phenoxy) is 1. The largest absolute Gasteiger partial charge is 0.379 e. The molecule has 3 heterocycles. The van der Waals surface area contributed by atoms with Crippen LogP contribution in [-0.4, -0.2) is 74.2 Å². The summed E-state index contributed by atoms with van der Waals surface area (Å²) in [6.07, 6.45) is 7.95. The molecule has 0 aromatic carbocycles. The Bertz CT molecular complexity index is 365. The van der Waals surface area contributed by atoms with E-state index in [9.17, 15) is 4.79 Å². The molecular weight excluding hydrogens is 290 g/mol. The van der Waals surface area contributed by atoms with E-state index in [-0.39, 0.29) is 0 Å². The second kappa shape index (κ2) is 9.00. The van der Waals surface area contributed by atoms with Crippen LogP contribution < -0.4 is 5.32 Å². The molecule has 1 atom stereocenters. The summed E-state index contributed by atoms with van der Waals surface area (Å²) in [5, 5.41) is 3.41. The number of nitrogens with one attached hydrogen (secondary N) is 1. The second-order valence-corrected chi connectivity index (χ2v) is 7.38. The molecule has 0 aromatic rings. The Kier molecular flexibility index (Phi) is 6.72. The smallest absolute Gasteiger partial charge is 0.222 e. The van der Waals surface area contributed by atoms with Crippen molar-refractivity contribution < 1.29 is 9.53 Å². The van der Waals surface area contributed by atoms with E-state index in [1.807, 2.05) is 0 Å². The Morgan fingerprint density at radius 2 is 1.83 bits per heavy atom. The number of rotatable bonds is 5. The normalized spacial score (nSPS) is 28.0. The molecule has 1 N–H and O–H groups in total. The molecule has 0 bridgehead atoms. The molecule has 3 saturated heterocycles. The Labute approximate surface area is 140 Å². The predicted molar refractivity (Wildman–Crippen MR) is 91.4 cm³/mol. The number of carbonyl (C=O) groups excluding carboxylic acids is 1. The van der Waals surface area contributed by atoms with Gasteiger partial charge in [0.25, 0.3) is 0 Å². The highest BCUT2D eigenvalue weighted by Crippen LogP contribution is 2.23. The van der Waals surface area contributed by atoms with Gasteiger partial charge in [-0.3, -0.25) is 9.69 Å². The summed E-state index contributed by atoms with van der Waals surface area (Å²) < 4.78 is 5.44. The summed E-state index contributed by atoms with van der Waals surface area (Å²) in [6, 6.07) is 0.433. The third-order valence-corrected chi connectivity index (χ3v) is 5.75. The van der Waals surface area contributed by atoms with Crippen molar-refractivity contribution in [3.8, 4) is 0 Å². The monoisotopic (exact) mass is 323 g/mol. The zero-order valence-corrected chi connectivity index (χ0v) is 14.5. The van der Waals surface area contributed by atoms with Crippen LogP contribution in [0.15, 0.2) is 0 Å². The fraction of sp³-hybridized carbons (Fsp3) is 0.944. The summed E-state index contributed by atoms with van der Waals surface area (Å²) in [6.45, 7) is 8.00. The van der Waals surface area contributed by atoms with Crippen LogP contribution in [0.2, 0.25) is 0 Å². The van der Waals surface area contributed by atoms with Crippen molar-refractivity contribution in [3.63, 3.8) is 0 Å². The van der Waals surface area contributed by atoms with Gasteiger partial charge in [0.1, 0.15) is 0 Å². The van der Waals surface area contributed by atoms with Gasteiger partial charge in [-0.15, -0.1) is 0 Å². The lowest BCUT2D eigenvalue weighted by molar-refractivity contribution is -0.136. The molecule has 3 fully saturated rings. The number of nitrogens with zero attached hydrogens (tertiary/aromatic N) is 2. The summed E-state index contributed by atoms with van der Waals surface area (Å²) in [7, 11) is 0. The van der Waals surface area contributed by atoms with E-state index in [0.29, 0.717) is 11.9 Å². The van der Waals surface area contributed by atoms with Crippen LogP contribution in [0, 0.1) is 5.92 Å². The average Bonchev–Trinajstić information content (AvgIpc) is 2.62. The van der Waals surface area contributed by atoms with E-state index in [0.717, 1.165) is 71.2 Å². The number of morpholine rings is 1. The number of likely N-dealkylation sites (tertiary alicyclic amines) is 1.